The number of aromatic nitrogens is 2. The summed E-state index contributed by atoms with van der Waals surface area (Å²) in [5, 5.41) is 4.96. The average Bonchev–Trinajstić information content (AvgIpc) is 2.26. The van der Waals surface area contributed by atoms with Gasteiger partial charge in [0.05, 0.1) is 0 Å². The SMILES string of the molecule is O=C(Nc1ccnc(NC(=O)C(Br)(Br)Br)n1)C(Br)(Br)Br. The fourth-order valence-electron chi connectivity index (χ4n) is 0.848. The summed E-state index contributed by atoms with van der Waals surface area (Å²) in [5.41, 5.74) is 0. The summed E-state index contributed by atoms with van der Waals surface area (Å²) in [7, 11) is 0. The molecule has 0 fully saturated rings. The zero-order chi connectivity index (χ0) is 15.6. The molecule has 0 atom stereocenters. The van der Waals surface area contributed by atoms with Crippen molar-refractivity contribution in [2.45, 2.75) is 4.29 Å². The van der Waals surface area contributed by atoms with Gasteiger partial charge < -0.3 is 5.32 Å². The molecule has 0 aromatic carbocycles. The van der Waals surface area contributed by atoms with E-state index in [2.05, 4.69) is 116 Å². The highest BCUT2D eigenvalue weighted by atomic mass is 80.0. The van der Waals surface area contributed by atoms with Crippen molar-refractivity contribution in [3.05, 3.63) is 12.3 Å². The van der Waals surface area contributed by atoms with E-state index in [4.69, 9.17) is 0 Å². The van der Waals surface area contributed by atoms with Gasteiger partial charge in [0.25, 0.3) is 11.8 Å². The van der Waals surface area contributed by atoms with Gasteiger partial charge in [0.15, 0.2) is 0 Å². The first kappa shape index (κ1) is 18.9. The third-order valence-electron chi connectivity index (χ3n) is 1.64. The Balaban J connectivity index is 2.82. The van der Waals surface area contributed by atoms with Crippen LogP contribution >= 0.6 is 95.6 Å². The molecule has 110 valence electrons. The van der Waals surface area contributed by atoms with E-state index < -0.39 is 16.1 Å². The summed E-state index contributed by atoms with van der Waals surface area (Å²) in [4.78, 5) is 31.2. The minimum atomic E-state index is -1.12. The molecule has 0 spiro atoms. The van der Waals surface area contributed by atoms with Gasteiger partial charge in [-0.25, -0.2) is 4.98 Å². The fourth-order valence-corrected chi connectivity index (χ4v) is 1.44. The third kappa shape index (κ3) is 6.34. The molecule has 0 saturated carbocycles. The van der Waals surface area contributed by atoms with Gasteiger partial charge in [0, 0.05) is 6.20 Å². The largest absolute Gasteiger partial charge is 0.308 e. The van der Waals surface area contributed by atoms with Crippen molar-refractivity contribution in [3.63, 3.8) is 0 Å². The van der Waals surface area contributed by atoms with Crippen LogP contribution in [0, 0.1) is 0 Å². The molecule has 6 nitrogen and oxygen atoms in total. The number of nitrogens with zero attached hydrogens (tertiary/aromatic N) is 2. The second kappa shape index (κ2) is 7.44. The lowest BCUT2D eigenvalue weighted by atomic mass is 10.5. The number of carbonyl (C=O) groups is 2. The molecule has 2 N–H and O–H groups in total. The van der Waals surface area contributed by atoms with E-state index in [-0.39, 0.29) is 11.8 Å². The van der Waals surface area contributed by atoms with Crippen molar-refractivity contribution < 1.29 is 9.59 Å². The maximum absolute atomic E-state index is 11.7. The Morgan fingerprint density at radius 3 is 1.95 bits per heavy atom. The second-order valence-electron chi connectivity index (χ2n) is 3.17. The number of hydrogen-bond acceptors (Lipinski definition) is 4. The molecule has 0 saturated heterocycles. The Bertz CT molecular complexity index is 483. The maximum atomic E-state index is 11.7. The van der Waals surface area contributed by atoms with Crippen LogP contribution in [-0.2, 0) is 9.59 Å². The smallest absolute Gasteiger partial charge is 0.265 e. The third-order valence-corrected chi connectivity index (χ3v) is 3.80. The molecular formula is C8H4Br6N4O2. The molecule has 1 aromatic rings. The zero-order valence-corrected chi connectivity index (χ0v) is 18.6. The lowest BCUT2D eigenvalue weighted by Crippen LogP contribution is -2.28. The number of rotatable bonds is 2. The predicted octanol–water partition coefficient (Wildman–Crippen LogP) is 4.03. The number of carbonyl (C=O) groups excluding carboxylic acids is 2. The van der Waals surface area contributed by atoms with E-state index in [9.17, 15) is 9.59 Å². The summed E-state index contributed by atoms with van der Waals surface area (Å²) in [6.45, 7) is 0. The van der Waals surface area contributed by atoms with Crippen LogP contribution in [0.3, 0.4) is 0 Å². The number of alkyl halides is 6. The molecule has 1 heterocycles. The Hall–Kier alpha value is 0.900. The highest BCUT2D eigenvalue weighted by Gasteiger charge is 2.30. The summed E-state index contributed by atoms with van der Waals surface area (Å²) in [5.74, 6) is -0.617. The van der Waals surface area contributed by atoms with Crippen LogP contribution in [0.5, 0.6) is 0 Å². The summed E-state index contributed by atoms with van der Waals surface area (Å²) >= 11 is 18.4. The highest BCUT2D eigenvalue weighted by molar-refractivity contribution is 9.40. The van der Waals surface area contributed by atoms with Crippen LogP contribution in [0.25, 0.3) is 0 Å². The van der Waals surface area contributed by atoms with E-state index in [1.807, 2.05) is 0 Å². The van der Waals surface area contributed by atoms with Gasteiger partial charge in [-0.1, -0.05) is 0 Å². The molecule has 12 heteroatoms. The van der Waals surface area contributed by atoms with Crippen LogP contribution in [0.4, 0.5) is 11.8 Å². The van der Waals surface area contributed by atoms with Gasteiger partial charge in [0.1, 0.15) is 5.82 Å². The Morgan fingerprint density at radius 1 is 0.950 bits per heavy atom. The zero-order valence-electron chi connectivity index (χ0n) is 9.13. The van der Waals surface area contributed by atoms with Crippen molar-refractivity contribution in [3.8, 4) is 0 Å². The van der Waals surface area contributed by atoms with Gasteiger partial charge >= 0.3 is 0 Å². The van der Waals surface area contributed by atoms with Crippen molar-refractivity contribution >= 4 is 119 Å². The Kier molecular flexibility index (Phi) is 7.05. The van der Waals surface area contributed by atoms with Gasteiger partial charge in [-0.15, -0.1) is 0 Å². The quantitative estimate of drug-likeness (QED) is 0.467. The van der Waals surface area contributed by atoms with Crippen molar-refractivity contribution in [1.82, 2.24) is 9.97 Å². The number of anilines is 2. The van der Waals surface area contributed by atoms with E-state index in [0.717, 1.165) is 0 Å². The minimum absolute atomic E-state index is 0.0415. The molecule has 0 aliphatic rings. The first-order valence-electron chi connectivity index (χ1n) is 4.59. The van der Waals surface area contributed by atoms with Crippen LogP contribution in [0.2, 0.25) is 0 Å². The molecule has 1 rings (SSSR count). The molecule has 20 heavy (non-hydrogen) atoms. The van der Waals surface area contributed by atoms with Crippen molar-refractivity contribution in [2.75, 3.05) is 10.6 Å². The number of nitrogens with one attached hydrogen (secondary N) is 2. The first-order valence-corrected chi connectivity index (χ1v) is 9.35. The number of halogens is 6. The lowest BCUT2D eigenvalue weighted by Gasteiger charge is -2.13. The monoisotopic (exact) mass is 662 g/mol. The van der Waals surface area contributed by atoms with Crippen molar-refractivity contribution in [2.24, 2.45) is 0 Å². The normalized spacial score (nSPS) is 11.9. The lowest BCUT2D eigenvalue weighted by molar-refractivity contribution is -0.115. The molecule has 0 radical (unpaired) electrons. The van der Waals surface area contributed by atoms with E-state index in [1.165, 1.54) is 12.3 Å². The van der Waals surface area contributed by atoms with E-state index in [0.29, 0.717) is 0 Å². The van der Waals surface area contributed by atoms with Crippen LogP contribution < -0.4 is 10.6 Å². The molecular weight excluding hydrogens is 664 g/mol. The average molecular weight is 668 g/mol. The molecule has 0 aliphatic carbocycles. The minimum Gasteiger partial charge on any atom is -0.308 e. The second-order valence-corrected chi connectivity index (χ2v) is 16.7. The Labute approximate surface area is 164 Å². The van der Waals surface area contributed by atoms with E-state index >= 15 is 0 Å². The first-order chi connectivity index (χ1) is 9.00. The topological polar surface area (TPSA) is 84.0 Å². The maximum Gasteiger partial charge on any atom is 0.265 e. The van der Waals surface area contributed by atoms with Gasteiger partial charge in [-0.2, -0.15) is 4.98 Å². The Morgan fingerprint density at radius 2 is 1.45 bits per heavy atom. The van der Waals surface area contributed by atoms with Gasteiger partial charge in [-0.3, -0.25) is 14.9 Å². The van der Waals surface area contributed by atoms with Gasteiger partial charge in [0.2, 0.25) is 10.2 Å². The summed E-state index contributed by atoms with van der Waals surface area (Å²) < 4.78 is -2.22. The molecule has 0 aliphatic heterocycles. The number of amides is 2. The summed E-state index contributed by atoms with van der Waals surface area (Å²) in [6, 6.07) is 1.48. The fraction of sp³-hybridized carbons (Fsp3) is 0.250. The molecule has 2 amide bonds. The molecule has 0 unspecified atom stereocenters. The van der Waals surface area contributed by atoms with Crippen molar-refractivity contribution in [1.29, 1.82) is 0 Å². The van der Waals surface area contributed by atoms with Crippen LogP contribution in [0.1, 0.15) is 0 Å². The molecule has 1 aromatic heterocycles. The van der Waals surface area contributed by atoms with Crippen LogP contribution in [0.15, 0.2) is 12.3 Å². The van der Waals surface area contributed by atoms with Gasteiger partial charge in [-0.05, 0) is 102 Å². The standard InChI is InChI=1S/C8H4Br6N4O2/c9-7(10,11)4(19)16-3-1-2-15-6(17-3)18-5(20)8(12,13)14/h1-2H,(H2,15,16,17,18,19,20). The van der Waals surface area contributed by atoms with E-state index in [1.54, 1.807) is 0 Å². The molecule has 0 bridgehead atoms. The highest BCUT2D eigenvalue weighted by Crippen LogP contribution is 2.35. The van der Waals surface area contributed by atoms with Crippen LogP contribution in [-0.4, -0.2) is 26.1 Å². The number of hydrogen-bond donors (Lipinski definition) is 2. The summed E-state index contributed by atoms with van der Waals surface area (Å²) in [6.07, 6.45) is 1.40. The predicted molar refractivity (Wildman–Crippen MR) is 98.3 cm³/mol.